The summed E-state index contributed by atoms with van der Waals surface area (Å²) >= 11 is 0. The molecule has 0 unspecified atom stereocenters. The van der Waals surface area contributed by atoms with Gasteiger partial charge in [0.2, 0.25) is 0 Å². The van der Waals surface area contributed by atoms with Crippen molar-refractivity contribution in [1.29, 1.82) is 0 Å². The first kappa shape index (κ1) is 30.8. The van der Waals surface area contributed by atoms with Gasteiger partial charge >= 0.3 is 0 Å². The van der Waals surface area contributed by atoms with Gasteiger partial charge in [-0.2, -0.15) is 0 Å². The second-order valence-corrected chi connectivity index (χ2v) is 10.6. The minimum absolute atomic E-state index is 0.103. The van der Waals surface area contributed by atoms with Crippen molar-refractivity contribution in [2.45, 2.75) is 0 Å². The Kier molecular flexibility index (Phi) is 10.2. The summed E-state index contributed by atoms with van der Waals surface area (Å²) in [6.07, 6.45) is 0. The van der Waals surface area contributed by atoms with E-state index in [1.807, 2.05) is 97.1 Å². The largest absolute Gasteiger partial charge is 0.504 e. The summed E-state index contributed by atoms with van der Waals surface area (Å²) in [6, 6.07) is 34.6. The molecule has 0 saturated heterocycles. The molecule has 6 aromatic rings. The van der Waals surface area contributed by atoms with Crippen LogP contribution in [-0.2, 0) is 9.47 Å². The molecule has 0 aliphatic carbocycles. The molecule has 0 atom stereocenters. The summed E-state index contributed by atoms with van der Waals surface area (Å²) in [7, 11) is 0. The number of benzene rings is 6. The molecule has 0 spiro atoms. The van der Waals surface area contributed by atoms with Gasteiger partial charge in [-0.25, -0.2) is 0 Å². The van der Waals surface area contributed by atoms with Gasteiger partial charge in [-0.3, -0.25) is 0 Å². The molecular formula is C38H36O8. The monoisotopic (exact) mass is 620 g/mol. The lowest BCUT2D eigenvalue weighted by atomic mass is 10.1. The number of phenols is 2. The van der Waals surface area contributed by atoms with Crippen LogP contribution in [0.5, 0.6) is 34.5 Å². The average molecular weight is 621 g/mol. The van der Waals surface area contributed by atoms with Crippen LogP contribution in [0.2, 0.25) is 0 Å². The lowest BCUT2D eigenvalue weighted by Crippen LogP contribution is -2.14. The molecule has 46 heavy (non-hydrogen) atoms. The number of aromatic hydroxyl groups is 2. The molecule has 0 aromatic heterocycles. The molecule has 0 radical (unpaired) electrons. The molecule has 0 fully saturated rings. The van der Waals surface area contributed by atoms with E-state index < -0.39 is 0 Å². The molecule has 0 aliphatic rings. The Morgan fingerprint density at radius 1 is 0.326 bits per heavy atom. The molecule has 0 amide bonds. The first-order valence-corrected chi connectivity index (χ1v) is 15.3. The Morgan fingerprint density at radius 3 is 0.913 bits per heavy atom. The van der Waals surface area contributed by atoms with E-state index >= 15 is 0 Å². The van der Waals surface area contributed by atoms with Gasteiger partial charge in [-0.15, -0.1) is 0 Å². The Morgan fingerprint density at radius 2 is 0.587 bits per heavy atom. The highest BCUT2D eigenvalue weighted by Crippen LogP contribution is 2.34. The van der Waals surface area contributed by atoms with Gasteiger partial charge in [0.25, 0.3) is 0 Å². The fourth-order valence-electron chi connectivity index (χ4n) is 5.12. The van der Waals surface area contributed by atoms with E-state index in [0.29, 0.717) is 75.9 Å². The van der Waals surface area contributed by atoms with Gasteiger partial charge in [0.15, 0.2) is 34.5 Å². The van der Waals surface area contributed by atoms with Crippen molar-refractivity contribution in [1.82, 2.24) is 0 Å². The van der Waals surface area contributed by atoms with Crippen LogP contribution in [0.1, 0.15) is 0 Å². The number of fused-ring (bicyclic) bond motifs is 3. The number of hydrogen-bond acceptors (Lipinski definition) is 8. The van der Waals surface area contributed by atoms with Crippen molar-refractivity contribution >= 4 is 32.3 Å². The van der Waals surface area contributed by atoms with Gasteiger partial charge in [0.1, 0.15) is 26.4 Å². The molecule has 8 heteroatoms. The first-order valence-electron chi connectivity index (χ1n) is 15.3. The van der Waals surface area contributed by atoms with Crippen LogP contribution < -0.4 is 18.9 Å². The van der Waals surface area contributed by atoms with E-state index in [-0.39, 0.29) is 11.5 Å². The molecule has 6 rings (SSSR count). The fourth-order valence-corrected chi connectivity index (χ4v) is 5.12. The van der Waals surface area contributed by atoms with Crippen molar-refractivity contribution in [2.75, 3.05) is 52.9 Å². The second-order valence-electron chi connectivity index (χ2n) is 10.6. The van der Waals surface area contributed by atoms with Crippen LogP contribution in [0.3, 0.4) is 0 Å². The summed E-state index contributed by atoms with van der Waals surface area (Å²) < 4.78 is 35.0. The topological polar surface area (TPSA) is 95.8 Å². The quantitative estimate of drug-likeness (QED) is 0.107. The van der Waals surface area contributed by atoms with E-state index in [1.165, 1.54) is 0 Å². The fraction of sp³-hybridized carbons (Fsp3) is 0.211. The smallest absolute Gasteiger partial charge is 0.161 e. The Hall–Kier alpha value is -5.18. The molecule has 6 aromatic carbocycles. The van der Waals surface area contributed by atoms with E-state index in [4.69, 9.17) is 28.4 Å². The molecule has 0 bridgehead atoms. The number of hydrogen-bond donors (Lipinski definition) is 2. The highest BCUT2D eigenvalue weighted by Gasteiger charge is 2.10. The Labute approximate surface area is 267 Å². The van der Waals surface area contributed by atoms with Gasteiger partial charge in [0, 0.05) is 0 Å². The molecule has 0 saturated carbocycles. The zero-order valence-electron chi connectivity index (χ0n) is 25.4. The normalized spacial score (nSPS) is 11.2. The maximum atomic E-state index is 10.3. The van der Waals surface area contributed by atoms with Crippen LogP contribution >= 0.6 is 0 Å². The van der Waals surface area contributed by atoms with Gasteiger partial charge in [-0.05, 0) is 68.7 Å². The predicted octanol–water partition coefficient (Wildman–Crippen LogP) is 7.51. The van der Waals surface area contributed by atoms with Crippen molar-refractivity contribution in [3.8, 4) is 34.5 Å². The third-order valence-electron chi connectivity index (χ3n) is 7.41. The zero-order chi connectivity index (χ0) is 31.6. The standard InChI is InChI=1S/C38H36O8/c39-33-21-27-7-1-3-9-29(27)23-35(33)43-17-13-41-15-19-45-37-25-31-11-5-6-12-32(31)26-38(37)46-20-16-42-14-18-44-36-24-30-10-4-2-8-28(30)22-34(36)40/h1-12,21-26,39-40H,13-20H2. The molecule has 0 aliphatic heterocycles. The van der Waals surface area contributed by atoms with E-state index in [9.17, 15) is 10.2 Å². The third kappa shape index (κ3) is 7.90. The molecule has 0 heterocycles. The highest BCUT2D eigenvalue weighted by atomic mass is 16.6. The molecular weight excluding hydrogens is 584 g/mol. The SMILES string of the molecule is Oc1cc2ccccc2cc1OCCOCCOc1cc2ccccc2cc1OCCOCCOc1cc2ccccc2cc1O. The minimum Gasteiger partial charge on any atom is -0.504 e. The summed E-state index contributed by atoms with van der Waals surface area (Å²) in [5.41, 5.74) is 0. The lowest BCUT2D eigenvalue weighted by molar-refractivity contribution is 0.0694. The average Bonchev–Trinajstić information content (AvgIpc) is 3.07. The van der Waals surface area contributed by atoms with E-state index in [2.05, 4.69) is 0 Å². The number of ether oxygens (including phenoxy) is 6. The Bertz CT molecular complexity index is 1770. The van der Waals surface area contributed by atoms with Crippen molar-refractivity contribution < 1.29 is 38.6 Å². The van der Waals surface area contributed by atoms with Crippen LogP contribution in [0.25, 0.3) is 32.3 Å². The van der Waals surface area contributed by atoms with Crippen molar-refractivity contribution in [3.05, 3.63) is 109 Å². The van der Waals surface area contributed by atoms with Gasteiger partial charge < -0.3 is 38.6 Å². The van der Waals surface area contributed by atoms with Gasteiger partial charge in [-0.1, -0.05) is 72.8 Å². The van der Waals surface area contributed by atoms with Crippen LogP contribution in [0.4, 0.5) is 0 Å². The molecule has 2 N–H and O–H groups in total. The highest BCUT2D eigenvalue weighted by molar-refractivity contribution is 5.87. The van der Waals surface area contributed by atoms with Crippen LogP contribution in [0.15, 0.2) is 109 Å². The third-order valence-corrected chi connectivity index (χ3v) is 7.41. The summed E-state index contributed by atoms with van der Waals surface area (Å²) in [5.74, 6) is 2.30. The summed E-state index contributed by atoms with van der Waals surface area (Å²) in [4.78, 5) is 0. The van der Waals surface area contributed by atoms with Crippen molar-refractivity contribution in [2.24, 2.45) is 0 Å². The first-order chi connectivity index (χ1) is 22.6. The van der Waals surface area contributed by atoms with Crippen LogP contribution in [-0.4, -0.2) is 63.1 Å². The Balaban J connectivity index is 0.927. The molecule has 8 nitrogen and oxygen atoms in total. The minimum atomic E-state index is 0.103. The maximum absolute atomic E-state index is 10.3. The van der Waals surface area contributed by atoms with E-state index in [0.717, 1.165) is 32.3 Å². The maximum Gasteiger partial charge on any atom is 0.161 e. The summed E-state index contributed by atoms with van der Waals surface area (Å²) in [5, 5.41) is 26.5. The molecule has 236 valence electrons. The van der Waals surface area contributed by atoms with E-state index in [1.54, 1.807) is 12.1 Å². The zero-order valence-corrected chi connectivity index (χ0v) is 25.4. The van der Waals surface area contributed by atoms with Crippen LogP contribution in [0, 0.1) is 0 Å². The lowest BCUT2D eigenvalue weighted by Gasteiger charge is -2.15. The summed E-state index contributed by atoms with van der Waals surface area (Å²) in [6.45, 7) is 2.65. The predicted molar refractivity (Wildman–Crippen MR) is 179 cm³/mol. The second kappa shape index (κ2) is 15.2. The number of rotatable bonds is 16. The number of phenolic OH excluding ortho intramolecular Hbond substituents is 2. The van der Waals surface area contributed by atoms with Gasteiger partial charge in [0.05, 0.1) is 26.4 Å². The van der Waals surface area contributed by atoms with Crippen molar-refractivity contribution in [3.63, 3.8) is 0 Å².